The molecule has 29 heavy (non-hydrogen) atoms. The molecule has 9 nitrogen and oxygen atoms in total. The first-order valence-electron chi connectivity index (χ1n) is 8.41. The number of hydrogen-bond donors (Lipinski definition) is 2. The molecule has 0 fully saturated rings. The summed E-state index contributed by atoms with van der Waals surface area (Å²) in [7, 11) is 1.35. The minimum atomic E-state index is -0.880. The van der Waals surface area contributed by atoms with Crippen LogP contribution < -0.4 is 10.1 Å². The van der Waals surface area contributed by atoms with Gasteiger partial charge in [-0.1, -0.05) is 30.3 Å². The van der Waals surface area contributed by atoms with Crippen LogP contribution in [-0.2, 0) is 9.53 Å². The van der Waals surface area contributed by atoms with Gasteiger partial charge in [0.1, 0.15) is 17.1 Å². The highest BCUT2D eigenvalue weighted by atomic mass is 16.6. The van der Waals surface area contributed by atoms with Gasteiger partial charge in [-0.3, -0.25) is 14.9 Å². The molecule has 0 saturated heterocycles. The lowest BCUT2D eigenvalue weighted by molar-refractivity contribution is -0.384. The first-order chi connectivity index (χ1) is 13.9. The standard InChI is InChI=1S/C20H16N2O7/c1-28-17-9-7-13(22(26)27)10-16(17)21-18(23)11-29-20(25)15-8-6-12-4-2-3-5-14(12)19(15)24/h2-10,24H,11H2,1H3,(H,21,23). The van der Waals surface area contributed by atoms with Gasteiger partial charge in [0.25, 0.3) is 11.6 Å². The molecule has 0 saturated carbocycles. The molecule has 3 rings (SSSR count). The van der Waals surface area contributed by atoms with E-state index in [9.17, 15) is 24.8 Å². The molecule has 0 aliphatic heterocycles. The molecule has 0 spiro atoms. The number of phenols is 1. The fourth-order valence-corrected chi connectivity index (χ4v) is 2.72. The number of non-ortho nitro benzene ring substituents is 1. The van der Waals surface area contributed by atoms with E-state index in [2.05, 4.69) is 5.32 Å². The second-order valence-corrected chi connectivity index (χ2v) is 5.95. The van der Waals surface area contributed by atoms with E-state index in [4.69, 9.17) is 9.47 Å². The zero-order valence-corrected chi connectivity index (χ0v) is 15.2. The predicted octanol–water partition coefficient (Wildman–Crippen LogP) is 3.26. The van der Waals surface area contributed by atoms with Gasteiger partial charge in [-0.15, -0.1) is 0 Å². The first kappa shape index (κ1) is 19.6. The summed E-state index contributed by atoms with van der Waals surface area (Å²) >= 11 is 0. The van der Waals surface area contributed by atoms with Crippen LogP contribution in [0, 0.1) is 10.1 Å². The molecule has 0 aliphatic rings. The Labute approximate surface area is 164 Å². The van der Waals surface area contributed by atoms with E-state index in [1.54, 1.807) is 30.3 Å². The van der Waals surface area contributed by atoms with E-state index in [1.807, 2.05) is 0 Å². The lowest BCUT2D eigenvalue weighted by Crippen LogP contribution is -2.21. The molecule has 2 N–H and O–H groups in total. The van der Waals surface area contributed by atoms with Crippen LogP contribution in [0.5, 0.6) is 11.5 Å². The van der Waals surface area contributed by atoms with Crippen molar-refractivity contribution in [2.45, 2.75) is 0 Å². The van der Waals surface area contributed by atoms with Crippen LogP contribution in [0.2, 0.25) is 0 Å². The number of esters is 1. The number of fused-ring (bicyclic) bond motifs is 1. The van der Waals surface area contributed by atoms with E-state index in [-0.39, 0.29) is 28.4 Å². The van der Waals surface area contributed by atoms with Crippen molar-refractivity contribution >= 4 is 34.0 Å². The fraction of sp³-hybridized carbons (Fsp3) is 0.100. The van der Waals surface area contributed by atoms with Crippen molar-refractivity contribution in [3.05, 3.63) is 70.3 Å². The maximum atomic E-state index is 12.3. The summed E-state index contributed by atoms with van der Waals surface area (Å²) in [5.41, 5.74) is -0.250. The summed E-state index contributed by atoms with van der Waals surface area (Å²) < 4.78 is 10.0. The number of nitrogens with one attached hydrogen (secondary N) is 1. The van der Waals surface area contributed by atoms with E-state index in [0.29, 0.717) is 5.39 Å². The summed E-state index contributed by atoms with van der Waals surface area (Å²) in [4.78, 5) is 34.7. The Morgan fingerprint density at radius 2 is 1.90 bits per heavy atom. The highest BCUT2D eigenvalue weighted by Gasteiger charge is 2.18. The van der Waals surface area contributed by atoms with Crippen molar-refractivity contribution in [2.24, 2.45) is 0 Å². The van der Waals surface area contributed by atoms with Crippen molar-refractivity contribution in [2.75, 3.05) is 19.0 Å². The number of phenolic OH excluding ortho intramolecular Hbond substituents is 1. The Hall–Kier alpha value is -4.14. The Morgan fingerprint density at radius 3 is 2.62 bits per heavy atom. The fourth-order valence-electron chi connectivity index (χ4n) is 2.72. The molecule has 9 heteroatoms. The van der Waals surface area contributed by atoms with Crippen molar-refractivity contribution in [3.8, 4) is 11.5 Å². The van der Waals surface area contributed by atoms with E-state index < -0.39 is 23.4 Å². The van der Waals surface area contributed by atoms with Crippen molar-refractivity contribution < 1.29 is 29.1 Å². The van der Waals surface area contributed by atoms with Gasteiger partial charge in [0.15, 0.2) is 6.61 Å². The van der Waals surface area contributed by atoms with Crippen LogP contribution in [-0.4, -0.2) is 35.6 Å². The van der Waals surface area contributed by atoms with Crippen LogP contribution >= 0.6 is 0 Å². The normalized spacial score (nSPS) is 10.4. The van der Waals surface area contributed by atoms with Gasteiger partial charge >= 0.3 is 5.97 Å². The number of anilines is 1. The quantitative estimate of drug-likeness (QED) is 0.372. The molecule has 0 unspecified atom stereocenters. The lowest BCUT2D eigenvalue weighted by Gasteiger charge is -2.11. The van der Waals surface area contributed by atoms with E-state index >= 15 is 0 Å². The molecular formula is C20H16N2O7. The van der Waals surface area contributed by atoms with E-state index in [1.165, 1.54) is 25.3 Å². The summed E-state index contributed by atoms with van der Waals surface area (Å²) in [6.07, 6.45) is 0. The van der Waals surface area contributed by atoms with Crippen LogP contribution in [0.3, 0.4) is 0 Å². The minimum Gasteiger partial charge on any atom is -0.506 e. The van der Waals surface area contributed by atoms with Gasteiger partial charge in [-0.25, -0.2) is 4.79 Å². The van der Waals surface area contributed by atoms with Gasteiger partial charge < -0.3 is 19.9 Å². The number of benzene rings is 3. The Balaban J connectivity index is 1.70. The third-order valence-electron chi connectivity index (χ3n) is 4.12. The molecule has 1 amide bonds. The lowest BCUT2D eigenvalue weighted by atomic mass is 10.1. The Kier molecular flexibility index (Phi) is 5.59. The van der Waals surface area contributed by atoms with Crippen molar-refractivity contribution in [3.63, 3.8) is 0 Å². The number of hydrogen-bond acceptors (Lipinski definition) is 7. The summed E-state index contributed by atoms with van der Waals surface area (Å²) in [6, 6.07) is 13.7. The minimum absolute atomic E-state index is 0.0660. The second kappa shape index (κ2) is 8.26. The van der Waals surface area contributed by atoms with Crippen molar-refractivity contribution in [1.29, 1.82) is 0 Å². The van der Waals surface area contributed by atoms with Crippen LogP contribution in [0.1, 0.15) is 10.4 Å². The average Bonchev–Trinajstić information content (AvgIpc) is 2.72. The van der Waals surface area contributed by atoms with Gasteiger partial charge in [0.05, 0.1) is 17.7 Å². The van der Waals surface area contributed by atoms with Crippen molar-refractivity contribution in [1.82, 2.24) is 0 Å². The number of nitro groups is 1. The van der Waals surface area contributed by atoms with Gasteiger partial charge in [0, 0.05) is 17.5 Å². The average molecular weight is 396 g/mol. The SMILES string of the molecule is COc1ccc([N+](=O)[O-])cc1NC(=O)COC(=O)c1ccc2ccccc2c1O. The molecule has 0 heterocycles. The molecule has 3 aromatic rings. The molecule has 148 valence electrons. The molecule has 0 atom stereocenters. The molecule has 0 radical (unpaired) electrons. The smallest absolute Gasteiger partial charge is 0.342 e. The van der Waals surface area contributed by atoms with Crippen LogP contribution in [0.25, 0.3) is 10.8 Å². The topological polar surface area (TPSA) is 128 Å². The zero-order valence-electron chi connectivity index (χ0n) is 15.2. The first-order valence-corrected chi connectivity index (χ1v) is 8.41. The Morgan fingerprint density at radius 1 is 1.14 bits per heavy atom. The van der Waals surface area contributed by atoms with Gasteiger partial charge in [-0.2, -0.15) is 0 Å². The summed E-state index contributed by atoms with van der Waals surface area (Å²) in [6.45, 7) is -0.656. The summed E-state index contributed by atoms with van der Waals surface area (Å²) in [5, 5.41) is 24.8. The largest absolute Gasteiger partial charge is 0.506 e. The van der Waals surface area contributed by atoms with Gasteiger partial charge in [-0.05, 0) is 17.5 Å². The molecule has 0 aliphatic carbocycles. The monoisotopic (exact) mass is 396 g/mol. The number of carbonyl (C=O) groups is 2. The highest BCUT2D eigenvalue weighted by molar-refractivity contribution is 6.02. The van der Waals surface area contributed by atoms with Gasteiger partial charge in [0.2, 0.25) is 0 Å². The zero-order chi connectivity index (χ0) is 21.0. The number of methoxy groups -OCH3 is 1. The number of nitrogens with zero attached hydrogens (tertiary/aromatic N) is 1. The number of amides is 1. The number of ether oxygens (including phenoxy) is 2. The highest BCUT2D eigenvalue weighted by Crippen LogP contribution is 2.30. The maximum Gasteiger partial charge on any atom is 0.342 e. The number of rotatable bonds is 6. The van der Waals surface area contributed by atoms with Crippen LogP contribution in [0.15, 0.2) is 54.6 Å². The molecular weight excluding hydrogens is 380 g/mol. The third kappa shape index (κ3) is 4.24. The summed E-state index contributed by atoms with van der Waals surface area (Å²) in [5.74, 6) is -1.64. The number of aromatic hydroxyl groups is 1. The predicted molar refractivity (Wildman–Crippen MR) is 104 cm³/mol. The second-order valence-electron chi connectivity index (χ2n) is 5.95. The molecule has 3 aromatic carbocycles. The number of nitro benzene ring substituents is 1. The maximum absolute atomic E-state index is 12.3. The van der Waals surface area contributed by atoms with Crippen LogP contribution in [0.4, 0.5) is 11.4 Å². The molecule has 0 aromatic heterocycles. The molecule has 0 bridgehead atoms. The number of carbonyl (C=O) groups excluding carboxylic acids is 2. The van der Waals surface area contributed by atoms with E-state index in [0.717, 1.165) is 11.5 Å². The Bertz CT molecular complexity index is 1110. The third-order valence-corrected chi connectivity index (χ3v) is 4.12.